The lowest BCUT2D eigenvalue weighted by molar-refractivity contribution is 0.496. The minimum Gasteiger partial charge on any atom is -0.203 e. The van der Waals surface area contributed by atoms with Gasteiger partial charge in [0.15, 0.2) is 11.6 Å². The van der Waals surface area contributed by atoms with Crippen molar-refractivity contribution in [1.82, 2.24) is 0 Å². The van der Waals surface area contributed by atoms with Gasteiger partial charge >= 0.3 is 0 Å². The van der Waals surface area contributed by atoms with Gasteiger partial charge in [0.2, 0.25) is 0 Å². The molecular formula is C10H9F2N. The van der Waals surface area contributed by atoms with E-state index in [2.05, 4.69) is 0 Å². The summed E-state index contributed by atoms with van der Waals surface area (Å²) in [7, 11) is 0. The number of nitrogens with zero attached hydrogens (tertiary/aromatic N) is 1. The minimum atomic E-state index is -1.03. The minimum absolute atomic E-state index is 0.239. The van der Waals surface area contributed by atoms with Crippen molar-refractivity contribution >= 4 is 0 Å². The second kappa shape index (κ2) is 3.99. The van der Waals surface area contributed by atoms with Crippen LogP contribution in [-0.4, -0.2) is 0 Å². The highest BCUT2D eigenvalue weighted by Gasteiger charge is 2.11. The molecule has 1 aromatic carbocycles. The molecule has 0 aliphatic carbocycles. The zero-order chi connectivity index (χ0) is 9.84. The van der Waals surface area contributed by atoms with Crippen molar-refractivity contribution in [2.75, 3.05) is 0 Å². The van der Waals surface area contributed by atoms with E-state index in [0.717, 1.165) is 6.42 Å². The molecule has 0 saturated heterocycles. The summed E-state index contributed by atoms with van der Waals surface area (Å²) in [5, 5.41) is 8.41. The number of hydrogen-bond acceptors (Lipinski definition) is 1. The van der Waals surface area contributed by atoms with Crippen LogP contribution in [0.4, 0.5) is 8.78 Å². The molecule has 0 bridgehead atoms. The average molecular weight is 181 g/mol. The Morgan fingerprint density at radius 1 is 1.31 bits per heavy atom. The molecule has 0 unspecified atom stereocenters. The molecule has 0 heterocycles. The first-order valence-corrected chi connectivity index (χ1v) is 4.07. The number of nitriles is 1. The van der Waals surface area contributed by atoms with E-state index >= 15 is 0 Å². The van der Waals surface area contributed by atoms with Crippen molar-refractivity contribution in [1.29, 1.82) is 5.26 Å². The molecule has 0 fully saturated rings. The normalized spacial score (nSPS) is 9.69. The topological polar surface area (TPSA) is 23.8 Å². The molecule has 1 aromatic rings. The SMILES string of the molecule is CCCc1ccc(C#N)c(F)c1F. The summed E-state index contributed by atoms with van der Waals surface area (Å²) >= 11 is 0. The van der Waals surface area contributed by atoms with Crippen molar-refractivity contribution in [2.24, 2.45) is 0 Å². The van der Waals surface area contributed by atoms with E-state index in [1.807, 2.05) is 6.92 Å². The average Bonchev–Trinajstić information content (AvgIpc) is 2.14. The van der Waals surface area contributed by atoms with Gasteiger partial charge in [-0.05, 0) is 18.1 Å². The molecule has 1 rings (SSSR count). The third-order valence-electron chi connectivity index (χ3n) is 1.80. The molecule has 1 nitrogen and oxygen atoms in total. The van der Waals surface area contributed by atoms with Gasteiger partial charge in [-0.25, -0.2) is 8.78 Å². The highest BCUT2D eigenvalue weighted by Crippen LogP contribution is 2.16. The van der Waals surface area contributed by atoms with Gasteiger partial charge < -0.3 is 0 Å². The maximum Gasteiger partial charge on any atom is 0.176 e. The molecule has 0 aromatic heterocycles. The predicted molar refractivity (Wildman–Crippen MR) is 45.1 cm³/mol. The van der Waals surface area contributed by atoms with Gasteiger partial charge in [0, 0.05) is 0 Å². The van der Waals surface area contributed by atoms with E-state index in [4.69, 9.17) is 5.26 Å². The number of halogens is 2. The van der Waals surface area contributed by atoms with Crippen molar-refractivity contribution in [3.8, 4) is 6.07 Å². The molecular weight excluding hydrogens is 172 g/mol. The molecule has 0 aliphatic rings. The molecule has 0 aliphatic heterocycles. The quantitative estimate of drug-likeness (QED) is 0.688. The first kappa shape index (κ1) is 9.66. The number of benzene rings is 1. The van der Waals surface area contributed by atoms with Crippen LogP contribution in [0.1, 0.15) is 24.5 Å². The fraction of sp³-hybridized carbons (Fsp3) is 0.300. The van der Waals surface area contributed by atoms with E-state index in [-0.39, 0.29) is 5.56 Å². The Balaban J connectivity index is 3.17. The van der Waals surface area contributed by atoms with E-state index in [0.29, 0.717) is 12.0 Å². The van der Waals surface area contributed by atoms with Crippen molar-refractivity contribution in [3.05, 3.63) is 34.9 Å². The second-order valence-corrected chi connectivity index (χ2v) is 2.76. The van der Waals surface area contributed by atoms with Gasteiger partial charge in [0.25, 0.3) is 0 Å². The molecule has 0 N–H and O–H groups in total. The fourth-order valence-corrected chi connectivity index (χ4v) is 1.14. The van der Waals surface area contributed by atoms with Gasteiger partial charge in [0.05, 0.1) is 5.56 Å². The van der Waals surface area contributed by atoms with E-state index in [1.165, 1.54) is 12.1 Å². The van der Waals surface area contributed by atoms with Gasteiger partial charge in [-0.1, -0.05) is 19.4 Å². The molecule has 13 heavy (non-hydrogen) atoms. The summed E-state index contributed by atoms with van der Waals surface area (Å²) in [5.41, 5.74) is 0.0938. The molecule has 0 atom stereocenters. The van der Waals surface area contributed by atoms with E-state index < -0.39 is 11.6 Å². The molecule has 0 spiro atoms. The standard InChI is InChI=1S/C10H9F2N/c1-2-3-7-4-5-8(6-13)10(12)9(7)11/h4-5H,2-3H2,1H3. The molecule has 0 radical (unpaired) electrons. The number of rotatable bonds is 2. The largest absolute Gasteiger partial charge is 0.203 e. The van der Waals surface area contributed by atoms with Gasteiger partial charge in [-0.2, -0.15) is 5.26 Å². The smallest absolute Gasteiger partial charge is 0.176 e. The zero-order valence-corrected chi connectivity index (χ0v) is 7.27. The molecule has 68 valence electrons. The first-order chi connectivity index (χ1) is 6.20. The van der Waals surface area contributed by atoms with Crippen LogP contribution in [0.5, 0.6) is 0 Å². The Hall–Kier alpha value is -1.43. The van der Waals surface area contributed by atoms with E-state index in [9.17, 15) is 8.78 Å². The summed E-state index contributed by atoms with van der Waals surface area (Å²) in [5.74, 6) is -1.92. The lowest BCUT2D eigenvalue weighted by Gasteiger charge is -2.02. The highest BCUT2D eigenvalue weighted by molar-refractivity contribution is 5.34. The van der Waals surface area contributed by atoms with Crippen LogP contribution < -0.4 is 0 Å². The monoisotopic (exact) mass is 181 g/mol. The zero-order valence-electron chi connectivity index (χ0n) is 7.27. The van der Waals surface area contributed by atoms with Crippen LogP contribution in [0.25, 0.3) is 0 Å². The van der Waals surface area contributed by atoms with Crippen LogP contribution in [0.3, 0.4) is 0 Å². The Morgan fingerprint density at radius 2 is 2.00 bits per heavy atom. The summed E-state index contributed by atoms with van der Waals surface area (Å²) < 4.78 is 26.1. The van der Waals surface area contributed by atoms with Crippen molar-refractivity contribution in [2.45, 2.75) is 19.8 Å². The predicted octanol–water partition coefficient (Wildman–Crippen LogP) is 2.79. The Kier molecular flexibility index (Phi) is 2.97. The lowest BCUT2D eigenvalue weighted by atomic mass is 10.1. The maximum absolute atomic E-state index is 13.1. The van der Waals surface area contributed by atoms with Crippen LogP contribution in [0, 0.1) is 23.0 Å². The van der Waals surface area contributed by atoms with Crippen LogP contribution in [-0.2, 0) is 6.42 Å². The second-order valence-electron chi connectivity index (χ2n) is 2.76. The van der Waals surface area contributed by atoms with Crippen molar-refractivity contribution < 1.29 is 8.78 Å². The summed E-state index contributed by atoms with van der Waals surface area (Å²) in [4.78, 5) is 0. The third-order valence-corrected chi connectivity index (χ3v) is 1.80. The van der Waals surface area contributed by atoms with Crippen molar-refractivity contribution in [3.63, 3.8) is 0 Å². The van der Waals surface area contributed by atoms with Gasteiger partial charge in [-0.3, -0.25) is 0 Å². The molecule has 3 heteroatoms. The Labute approximate surface area is 75.6 Å². The first-order valence-electron chi connectivity index (χ1n) is 4.07. The van der Waals surface area contributed by atoms with Crippen LogP contribution in [0.15, 0.2) is 12.1 Å². The van der Waals surface area contributed by atoms with Crippen LogP contribution >= 0.6 is 0 Å². The van der Waals surface area contributed by atoms with Gasteiger partial charge in [-0.15, -0.1) is 0 Å². The maximum atomic E-state index is 13.1. The summed E-state index contributed by atoms with van der Waals surface area (Å²) in [6.07, 6.45) is 1.25. The summed E-state index contributed by atoms with van der Waals surface area (Å²) in [6, 6.07) is 4.36. The number of aryl methyl sites for hydroxylation is 1. The summed E-state index contributed by atoms with van der Waals surface area (Å²) in [6.45, 7) is 1.88. The highest BCUT2D eigenvalue weighted by atomic mass is 19.2. The molecule has 0 amide bonds. The number of hydrogen-bond donors (Lipinski definition) is 0. The fourth-order valence-electron chi connectivity index (χ4n) is 1.14. The lowest BCUT2D eigenvalue weighted by Crippen LogP contribution is -1.96. The Bertz CT molecular complexity index is 353. The Morgan fingerprint density at radius 3 is 2.54 bits per heavy atom. The third kappa shape index (κ3) is 1.83. The van der Waals surface area contributed by atoms with Crippen LogP contribution in [0.2, 0.25) is 0 Å². The van der Waals surface area contributed by atoms with Gasteiger partial charge in [0.1, 0.15) is 6.07 Å². The molecule has 0 saturated carbocycles. The van der Waals surface area contributed by atoms with E-state index in [1.54, 1.807) is 6.07 Å².